The van der Waals surface area contributed by atoms with Crippen molar-refractivity contribution in [2.75, 3.05) is 11.9 Å². The standard InChI is InChI=1S/C17H15ClN2O2S/c1-3-22-12-6-4-11(5-7-12)16(21)20-17-19-15-10(2)13(18)8-9-14(15)23-17/h4-9H,3H2,1-2H3,(H,19,20,21). The van der Waals surface area contributed by atoms with Crippen LogP contribution in [0.4, 0.5) is 5.13 Å². The van der Waals surface area contributed by atoms with Gasteiger partial charge in [0.2, 0.25) is 0 Å². The second-order valence-corrected chi connectivity index (χ2v) is 6.39. The van der Waals surface area contributed by atoms with Crippen LogP contribution in [-0.4, -0.2) is 17.5 Å². The molecule has 0 aliphatic heterocycles. The number of rotatable bonds is 4. The van der Waals surface area contributed by atoms with E-state index in [0.29, 0.717) is 22.3 Å². The molecule has 0 saturated carbocycles. The maximum absolute atomic E-state index is 12.3. The van der Waals surface area contributed by atoms with Crippen molar-refractivity contribution >= 4 is 44.2 Å². The Balaban J connectivity index is 1.81. The van der Waals surface area contributed by atoms with Crippen molar-refractivity contribution in [1.29, 1.82) is 0 Å². The molecule has 1 amide bonds. The number of anilines is 1. The molecule has 1 aromatic heterocycles. The first kappa shape index (κ1) is 15.8. The van der Waals surface area contributed by atoms with Gasteiger partial charge in [-0.15, -0.1) is 0 Å². The summed E-state index contributed by atoms with van der Waals surface area (Å²) < 4.78 is 6.36. The lowest BCUT2D eigenvalue weighted by Gasteiger charge is -2.04. The van der Waals surface area contributed by atoms with E-state index in [0.717, 1.165) is 21.5 Å². The molecule has 0 radical (unpaired) electrons. The summed E-state index contributed by atoms with van der Waals surface area (Å²) in [6.07, 6.45) is 0. The van der Waals surface area contributed by atoms with Crippen LogP contribution < -0.4 is 10.1 Å². The molecule has 0 saturated heterocycles. The highest BCUT2D eigenvalue weighted by atomic mass is 35.5. The topological polar surface area (TPSA) is 51.2 Å². The van der Waals surface area contributed by atoms with E-state index in [-0.39, 0.29) is 5.91 Å². The molecule has 0 aliphatic carbocycles. The van der Waals surface area contributed by atoms with Crippen molar-refractivity contribution in [2.45, 2.75) is 13.8 Å². The number of fused-ring (bicyclic) bond motifs is 1. The Morgan fingerprint density at radius 2 is 2.00 bits per heavy atom. The van der Waals surface area contributed by atoms with Gasteiger partial charge in [-0.1, -0.05) is 22.9 Å². The molecule has 118 valence electrons. The van der Waals surface area contributed by atoms with E-state index < -0.39 is 0 Å². The van der Waals surface area contributed by atoms with Crippen LogP contribution >= 0.6 is 22.9 Å². The van der Waals surface area contributed by atoms with Gasteiger partial charge in [-0.2, -0.15) is 0 Å². The molecule has 6 heteroatoms. The highest BCUT2D eigenvalue weighted by Crippen LogP contribution is 2.31. The average molecular weight is 347 g/mol. The predicted octanol–water partition coefficient (Wildman–Crippen LogP) is 4.91. The molecule has 0 fully saturated rings. The predicted molar refractivity (Wildman–Crippen MR) is 94.9 cm³/mol. The third-order valence-electron chi connectivity index (χ3n) is 3.40. The van der Waals surface area contributed by atoms with Crippen LogP contribution in [-0.2, 0) is 0 Å². The fourth-order valence-corrected chi connectivity index (χ4v) is 3.27. The maximum atomic E-state index is 12.3. The van der Waals surface area contributed by atoms with Crippen molar-refractivity contribution in [1.82, 2.24) is 4.98 Å². The van der Waals surface area contributed by atoms with Gasteiger partial charge in [0.1, 0.15) is 5.75 Å². The Bertz CT molecular complexity index is 859. The second-order valence-electron chi connectivity index (χ2n) is 4.95. The lowest BCUT2D eigenvalue weighted by molar-refractivity contribution is 0.102. The summed E-state index contributed by atoms with van der Waals surface area (Å²) in [5.41, 5.74) is 2.30. The van der Waals surface area contributed by atoms with Crippen LogP contribution in [0.5, 0.6) is 5.75 Å². The number of aryl methyl sites for hydroxylation is 1. The number of nitrogens with one attached hydrogen (secondary N) is 1. The van der Waals surface area contributed by atoms with E-state index in [2.05, 4.69) is 10.3 Å². The van der Waals surface area contributed by atoms with E-state index >= 15 is 0 Å². The van der Waals surface area contributed by atoms with Crippen LogP contribution in [0, 0.1) is 6.92 Å². The van der Waals surface area contributed by atoms with Crippen LogP contribution in [0.2, 0.25) is 5.02 Å². The van der Waals surface area contributed by atoms with E-state index in [1.807, 2.05) is 26.0 Å². The molecule has 0 spiro atoms. The normalized spacial score (nSPS) is 10.7. The molecular formula is C17H15ClN2O2S. The summed E-state index contributed by atoms with van der Waals surface area (Å²) in [5.74, 6) is 0.546. The molecule has 4 nitrogen and oxygen atoms in total. The number of carbonyl (C=O) groups is 1. The van der Waals surface area contributed by atoms with Gasteiger partial charge in [0, 0.05) is 10.6 Å². The first-order chi connectivity index (χ1) is 11.1. The number of hydrogen-bond donors (Lipinski definition) is 1. The number of ether oxygens (including phenoxy) is 1. The minimum Gasteiger partial charge on any atom is -0.494 e. The number of nitrogens with zero attached hydrogens (tertiary/aromatic N) is 1. The molecule has 3 aromatic rings. The van der Waals surface area contributed by atoms with Crippen molar-refractivity contribution in [3.05, 3.63) is 52.5 Å². The molecule has 0 bridgehead atoms. The van der Waals surface area contributed by atoms with Crippen LogP contribution in [0.3, 0.4) is 0 Å². The summed E-state index contributed by atoms with van der Waals surface area (Å²) in [6.45, 7) is 4.43. The fraction of sp³-hybridized carbons (Fsp3) is 0.176. The van der Waals surface area contributed by atoms with Gasteiger partial charge in [0.15, 0.2) is 5.13 Å². The van der Waals surface area contributed by atoms with Crippen molar-refractivity contribution in [3.8, 4) is 5.75 Å². The summed E-state index contributed by atoms with van der Waals surface area (Å²) in [7, 11) is 0. The molecule has 3 rings (SSSR count). The molecule has 0 unspecified atom stereocenters. The lowest BCUT2D eigenvalue weighted by atomic mass is 10.2. The number of amides is 1. The number of carbonyl (C=O) groups excluding carboxylic acids is 1. The smallest absolute Gasteiger partial charge is 0.257 e. The summed E-state index contributed by atoms with van der Waals surface area (Å²) in [5, 5.41) is 4.06. The highest BCUT2D eigenvalue weighted by molar-refractivity contribution is 7.22. The Morgan fingerprint density at radius 1 is 1.26 bits per heavy atom. The zero-order valence-electron chi connectivity index (χ0n) is 12.7. The number of benzene rings is 2. The van der Waals surface area contributed by atoms with Crippen molar-refractivity contribution in [3.63, 3.8) is 0 Å². The van der Waals surface area contributed by atoms with Gasteiger partial charge >= 0.3 is 0 Å². The maximum Gasteiger partial charge on any atom is 0.257 e. The zero-order valence-corrected chi connectivity index (χ0v) is 14.3. The quantitative estimate of drug-likeness (QED) is 0.730. The summed E-state index contributed by atoms with van der Waals surface area (Å²) in [4.78, 5) is 16.8. The Kier molecular flexibility index (Phi) is 4.50. The molecule has 2 aromatic carbocycles. The van der Waals surface area contributed by atoms with Crippen LogP contribution in [0.15, 0.2) is 36.4 Å². The number of thiazole rings is 1. The molecule has 23 heavy (non-hydrogen) atoms. The van der Waals surface area contributed by atoms with Gasteiger partial charge in [0.05, 0.1) is 16.8 Å². The molecular weight excluding hydrogens is 332 g/mol. The Hall–Kier alpha value is -2.11. The van der Waals surface area contributed by atoms with Gasteiger partial charge in [-0.05, 0) is 55.8 Å². The van der Waals surface area contributed by atoms with Gasteiger partial charge < -0.3 is 4.74 Å². The largest absolute Gasteiger partial charge is 0.494 e. The molecule has 1 heterocycles. The van der Waals surface area contributed by atoms with Crippen molar-refractivity contribution in [2.24, 2.45) is 0 Å². The molecule has 1 N–H and O–H groups in total. The Labute approximate surface area is 143 Å². The SMILES string of the molecule is CCOc1ccc(C(=O)Nc2nc3c(C)c(Cl)ccc3s2)cc1. The average Bonchev–Trinajstić information content (AvgIpc) is 2.95. The summed E-state index contributed by atoms with van der Waals surface area (Å²) in [6, 6.07) is 10.8. The van der Waals surface area contributed by atoms with Gasteiger partial charge in [-0.25, -0.2) is 4.98 Å². The van der Waals surface area contributed by atoms with E-state index in [1.165, 1.54) is 11.3 Å². The first-order valence-electron chi connectivity index (χ1n) is 7.18. The molecule has 0 atom stereocenters. The van der Waals surface area contributed by atoms with Crippen LogP contribution in [0.1, 0.15) is 22.8 Å². The zero-order chi connectivity index (χ0) is 16.4. The number of hydrogen-bond acceptors (Lipinski definition) is 4. The van der Waals surface area contributed by atoms with Crippen LogP contribution in [0.25, 0.3) is 10.2 Å². The highest BCUT2D eigenvalue weighted by Gasteiger charge is 2.12. The third kappa shape index (κ3) is 3.30. The minimum absolute atomic E-state index is 0.198. The van der Waals surface area contributed by atoms with E-state index in [1.54, 1.807) is 24.3 Å². The molecule has 0 aliphatic rings. The third-order valence-corrected chi connectivity index (χ3v) is 4.74. The van der Waals surface area contributed by atoms with E-state index in [9.17, 15) is 4.79 Å². The van der Waals surface area contributed by atoms with E-state index in [4.69, 9.17) is 16.3 Å². The first-order valence-corrected chi connectivity index (χ1v) is 8.37. The fourth-order valence-electron chi connectivity index (χ4n) is 2.19. The second kappa shape index (κ2) is 6.56. The Morgan fingerprint density at radius 3 is 2.70 bits per heavy atom. The number of aromatic nitrogens is 1. The van der Waals surface area contributed by atoms with Gasteiger partial charge in [0.25, 0.3) is 5.91 Å². The monoisotopic (exact) mass is 346 g/mol. The minimum atomic E-state index is -0.198. The lowest BCUT2D eigenvalue weighted by Crippen LogP contribution is -2.11. The summed E-state index contributed by atoms with van der Waals surface area (Å²) >= 11 is 7.53. The number of halogens is 1. The van der Waals surface area contributed by atoms with Gasteiger partial charge in [-0.3, -0.25) is 10.1 Å². The van der Waals surface area contributed by atoms with Crippen molar-refractivity contribution < 1.29 is 9.53 Å².